The summed E-state index contributed by atoms with van der Waals surface area (Å²) in [6.07, 6.45) is 3.42. The summed E-state index contributed by atoms with van der Waals surface area (Å²) in [7, 11) is 0. The van der Waals surface area contributed by atoms with Crippen LogP contribution in [0.2, 0.25) is 0 Å². The van der Waals surface area contributed by atoms with Crippen LogP contribution in [0.4, 0.5) is 13.2 Å². The number of hydrogen-bond acceptors (Lipinski definition) is 1. The number of rotatable bonds is 4. The van der Waals surface area contributed by atoms with E-state index in [-0.39, 0.29) is 17.8 Å². The van der Waals surface area contributed by atoms with E-state index in [0.29, 0.717) is 6.42 Å². The lowest BCUT2D eigenvalue weighted by Crippen LogP contribution is -1.94. The van der Waals surface area contributed by atoms with E-state index in [9.17, 15) is 18.0 Å². The first-order valence-electron chi connectivity index (χ1n) is 4.87. The summed E-state index contributed by atoms with van der Waals surface area (Å²) < 4.78 is 38.2. The predicted octanol–water partition coefficient (Wildman–Crippen LogP) is 3.18. The van der Waals surface area contributed by atoms with Gasteiger partial charge in [0.2, 0.25) is 0 Å². The number of allylic oxidation sites excluding steroid dienone is 2. The van der Waals surface area contributed by atoms with Crippen molar-refractivity contribution in [2.75, 3.05) is 0 Å². The van der Waals surface area contributed by atoms with Gasteiger partial charge in [0.15, 0.2) is 23.2 Å². The van der Waals surface area contributed by atoms with Gasteiger partial charge in [-0.25, -0.2) is 13.2 Å². The lowest BCUT2D eigenvalue weighted by molar-refractivity contribution is -0.114. The first-order chi connectivity index (χ1) is 7.54. The van der Waals surface area contributed by atoms with Crippen molar-refractivity contribution in [3.05, 3.63) is 47.3 Å². The molecule has 0 radical (unpaired) electrons. The van der Waals surface area contributed by atoms with Gasteiger partial charge >= 0.3 is 0 Å². The SMILES string of the molecule is CCC(=O)/C=C\Cc1cc(F)c(F)c(F)c1. The Morgan fingerprint density at radius 2 is 1.81 bits per heavy atom. The molecule has 1 nitrogen and oxygen atoms in total. The van der Waals surface area contributed by atoms with E-state index in [0.717, 1.165) is 12.1 Å². The van der Waals surface area contributed by atoms with Crippen LogP contribution in [-0.2, 0) is 11.2 Å². The number of halogens is 3. The van der Waals surface area contributed by atoms with Crippen LogP contribution in [0, 0.1) is 17.5 Å². The third-order valence-corrected chi connectivity index (χ3v) is 2.05. The number of ketones is 1. The Labute approximate surface area is 91.6 Å². The number of hydrogen-bond donors (Lipinski definition) is 0. The van der Waals surface area contributed by atoms with Crippen LogP contribution < -0.4 is 0 Å². The third kappa shape index (κ3) is 3.22. The van der Waals surface area contributed by atoms with Crippen molar-refractivity contribution in [3.63, 3.8) is 0 Å². The zero-order valence-corrected chi connectivity index (χ0v) is 8.77. The molecule has 0 aliphatic heterocycles. The van der Waals surface area contributed by atoms with Crippen LogP contribution in [0.25, 0.3) is 0 Å². The van der Waals surface area contributed by atoms with Gasteiger partial charge < -0.3 is 0 Å². The molecule has 0 aliphatic carbocycles. The summed E-state index contributed by atoms with van der Waals surface area (Å²) >= 11 is 0. The lowest BCUT2D eigenvalue weighted by atomic mass is 10.1. The van der Waals surface area contributed by atoms with Crippen molar-refractivity contribution >= 4 is 5.78 Å². The van der Waals surface area contributed by atoms with Crippen molar-refractivity contribution in [2.45, 2.75) is 19.8 Å². The van der Waals surface area contributed by atoms with Gasteiger partial charge in [-0.3, -0.25) is 4.79 Å². The van der Waals surface area contributed by atoms with Gasteiger partial charge in [-0.2, -0.15) is 0 Å². The number of benzene rings is 1. The third-order valence-electron chi connectivity index (χ3n) is 2.05. The Morgan fingerprint density at radius 3 is 2.31 bits per heavy atom. The molecule has 0 N–H and O–H groups in total. The predicted molar refractivity (Wildman–Crippen MR) is 54.5 cm³/mol. The van der Waals surface area contributed by atoms with E-state index in [1.165, 1.54) is 12.2 Å². The Kier molecular flexibility index (Phi) is 4.28. The van der Waals surface area contributed by atoms with Gasteiger partial charge in [-0.1, -0.05) is 13.0 Å². The molecule has 0 fully saturated rings. The minimum absolute atomic E-state index is 0.0666. The first-order valence-corrected chi connectivity index (χ1v) is 4.87. The summed E-state index contributed by atoms with van der Waals surface area (Å²) in [4.78, 5) is 10.9. The fraction of sp³-hybridized carbons (Fsp3) is 0.250. The van der Waals surface area contributed by atoms with E-state index < -0.39 is 17.5 Å². The molecule has 1 aromatic rings. The van der Waals surface area contributed by atoms with Crippen LogP contribution in [0.1, 0.15) is 18.9 Å². The molecule has 0 heterocycles. The Balaban J connectivity index is 2.76. The zero-order chi connectivity index (χ0) is 12.1. The van der Waals surface area contributed by atoms with Crippen LogP contribution in [0.3, 0.4) is 0 Å². The van der Waals surface area contributed by atoms with E-state index in [1.54, 1.807) is 6.92 Å². The molecule has 0 saturated heterocycles. The summed E-state index contributed by atoms with van der Waals surface area (Å²) in [5.74, 6) is -3.98. The van der Waals surface area contributed by atoms with Crippen LogP contribution in [0.15, 0.2) is 24.3 Å². The van der Waals surface area contributed by atoms with Gasteiger partial charge in [0, 0.05) is 6.42 Å². The van der Waals surface area contributed by atoms with Crippen LogP contribution in [-0.4, -0.2) is 5.78 Å². The molecule has 0 amide bonds. The van der Waals surface area contributed by atoms with Gasteiger partial charge in [0.1, 0.15) is 0 Å². The maximum atomic E-state index is 12.8. The highest BCUT2D eigenvalue weighted by Gasteiger charge is 2.09. The Morgan fingerprint density at radius 1 is 1.25 bits per heavy atom. The van der Waals surface area contributed by atoms with Crippen molar-refractivity contribution < 1.29 is 18.0 Å². The molecular weight excluding hydrogens is 217 g/mol. The largest absolute Gasteiger partial charge is 0.295 e. The normalized spacial score (nSPS) is 11.0. The Bertz CT molecular complexity index is 401. The fourth-order valence-corrected chi connectivity index (χ4v) is 1.17. The van der Waals surface area contributed by atoms with E-state index in [4.69, 9.17) is 0 Å². The van der Waals surface area contributed by atoms with Crippen LogP contribution >= 0.6 is 0 Å². The zero-order valence-electron chi connectivity index (χ0n) is 8.77. The van der Waals surface area contributed by atoms with Gasteiger partial charge in [0.25, 0.3) is 0 Å². The van der Waals surface area contributed by atoms with Crippen molar-refractivity contribution in [1.29, 1.82) is 0 Å². The van der Waals surface area contributed by atoms with Crippen molar-refractivity contribution in [1.82, 2.24) is 0 Å². The maximum Gasteiger partial charge on any atom is 0.194 e. The minimum Gasteiger partial charge on any atom is -0.295 e. The molecule has 0 aliphatic rings. The van der Waals surface area contributed by atoms with E-state index >= 15 is 0 Å². The van der Waals surface area contributed by atoms with E-state index in [1.807, 2.05) is 0 Å². The molecular formula is C12H11F3O. The molecule has 0 aromatic heterocycles. The second kappa shape index (κ2) is 5.49. The van der Waals surface area contributed by atoms with Gasteiger partial charge in [-0.05, 0) is 30.2 Å². The molecule has 86 valence electrons. The lowest BCUT2D eigenvalue weighted by Gasteiger charge is -1.99. The molecule has 0 spiro atoms. The monoisotopic (exact) mass is 228 g/mol. The summed E-state index contributed by atoms with van der Waals surface area (Å²) in [6, 6.07) is 1.83. The molecule has 1 rings (SSSR count). The molecule has 4 heteroatoms. The van der Waals surface area contributed by atoms with Gasteiger partial charge in [-0.15, -0.1) is 0 Å². The quantitative estimate of drug-likeness (QED) is 0.571. The molecule has 0 bridgehead atoms. The van der Waals surface area contributed by atoms with E-state index in [2.05, 4.69) is 0 Å². The fourth-order valence-electron chi connectivity index (χ4n) is 1.17. The second-order valence-corrected chi connectivity index (χ2v) is 3.30. The molecule has 0 atom stereocenters. The summed E-state index contributed by atoms with van der Waals surface area (Å²) in [6.45, 7) is 1.71. The maximum absolute atomic E-state index is 12.8. The molecule has 1 aromatic carbocycles. The second-order valence-electron chi connectivity index (χ2n) is 3.30. The highest BCUT2D eigenvalue weighted by molar-refractivity contribution is 5.89. The smallest absolute Gasteiger partial charge is 0.194 e. The minimum atomic E-state index is -1.47. The molecule has 0 saturated carbocycles. The first kappa shape index (κ1) is 12.5. The summed E-state index contributed by atoms with van der Waals surface area (Å²) in [5.41, 5.74) is 0.288. The molecule has 16 heavy (non-hydrogen) atoms. The standard InChI is InChI=1S/C12H11F3O/c1-2-9(16)5-3-4-8-6-10(13)12(15)11(14)7-8/h3,5-7H,2,4H2,1H3/b5-3-. The highest BCUT2D eigenvalue weighted by atomic mass is 19.2. The number of carbonyl (C=O) groups is 1. The highest BCUT2D eigenvalue weighted by Crippen LogP contribution is 2.14. The van der Waals surface area contributed by atoms with Crippen molar-refractivity contribution in [2.24, 2.45) is 0 Å². The average Bonchev–Trinajstić information content (AvgIpc) is 2.25. The Hall–Kier alpha value is -1.58. The number of carbonyl (C=O) groups excluding carboxylic acids is 1. The average molecular weight is 228 g/mol. The molecule has 0 unspecified atom stereocenters. The van der Waals surface area contributed by atoms with Crippen molar-refractivity contribution in [3.8, 4) is 0 Å². The summed E-state index contributed by atoms with van der Waals surface area (Å²) in [5, 5.41) is 0. The van der Waals surface area contributed by atoms with Crippen LogP contribution in [0.5, 0.6) is 0 Å². The van der Waals surface area contributed by atoms with Gasteiger partial charge in [0.05, 0.1) is 0 Å². The topological polar surface area (TPSA) is 17.1 Å².